The van der Waals surface area contributed by atoms with Crippen molar-refractivity contribution in [3.63, 3.8) is 0 Å². The lowest BCUT2D eigenvalue weighted by Gasteiger charge is -2.21. The van der Waals surface area contributed by atoms with Crippen LogP contribution in [0.15, 0.2) is 54.6 Å². The van der Waals surface area contributed by atoms with Gasteiger partial charge < -0.3 is 5.32 Å². The van der Waals surface area contributed by atoms with E-state index >= 15 is 0 Å². The number of carbonyl (C=O) groups is 3. The zero-order valence-electron chi connectivity index (χ0n) is 19.3. The summed E-state index contributed by atoms with van der Waals surface area (Å²) in [7, 11) is 0. The number of hydrogen-bond acceptors (Lipinski definition) is 5. The van der Waals surface area contributed by atoms with Gasteiger partial charge in [0.25, 0.3) is 11.8 Å². The largest absolute Gasteiger partial charge is 0.309 e. The number of fused-ring (bicyclic) bond motifs is 2. The predicted molar refractivity (Wildman–Crippen MR) is 128 cm³/mol. The SMILES string of the molecule is Cc1cc(NC(=O)C(C)N2C(=O)c3ccccc3C2=O)n(-c2cc(C)c3cccc(C)c3n2)n1. The molecule has 0 saturated heterocycles. The van der Waals surface area contributed by atoms with Gasteiger partial charge in [-0.1, -0.05) is 30.3 Å². The highest BCUT2D eigenvalue weighted by atomic mass is 16.2. The van der Waals surface area contributed by atoms with Gasteiger partial charge in [-0.2, -0.15) is 9.78 Å². The van der Waals surface area contributed by atoms with Gasteiger partial charge >= 0.3 is 0 Å². The molecule has 2 aromatic heterocycles. The van der Waals surface area contributed by atoms with Gasteiger partial charge in [-0.15, -0.1) is 0 Å². The van der Waals surface area contributed by atoms with Gasteiger partial charge in [0.05, 0.1) is 22.3 Å². The number of aryl methyl sites for hydroxylation is 3. The summed E-state index contributed by atoms with van der Waals surface area (Å²) in [5, 5.41) is 8.41. The molecule has 1 N–H and O–H groups in total. The van der Waals surface area contributed by atoms with E-state index in [0.717, 1.165) is 26.9 Å². The second-order valence-electron chi connectivity index (χ2n) is 8.54. The standard InChI is InChI=1S/C26H23N5O3/c1-14-8-7-11-18-15(2)12-21(27-23(14)18)31-22(13-16(3)29-31)28-24(32)17(4)30-25(33)19-9-5-6-10-20(19)26(30)34/h5-13,17H,1-4H3,(H,28,32). The Bertz CT molecular complexity index is 1470. The van der Waals surface area contributed by atoms with E-state index in [0.29, 0.717) is 28.5 Å². The van der Waals surface area contributed by atoms with Crippen molar-refractivity contribution in [2.45, 2.75) is 33.7 Å². The first-order valence-electron chi connectivity index (χ1n) is 11.0. The number of nitrogens with one attached hydrogen (secondary N) is 1. The quantitative estimate of drug-likeness (QED) is 0.472. The summed E-state index contributed by atoms with van der Waals surface area (Å²) in [6, 6.07) is 15.2. The summed E-state index contributed by atoms with van der Waals surface area (Å²) in [4.78, 5) is 44.5. The van der Waals surface area contributed by atoms with Gasteiger partial charge in [0.2, 0.25) is 5.91 Å². The molecule has 0 bridgehead atoms. The summed E-state index contributed by atoms with van der Waals surface area (Å²) in [5.41, 5.74) is 4.23. The minimum Gasteiger partial charge on any atom is -0.309 e. The number of amides is 3. The van der Waals surface area contributed by atoms with Gasteiger partial charge in [0, 0.05) is 11.5 Å². The average Bonchev–Trinajstić information content (AvgIpc) is 3.30. The summed E-state index contributed by atoms with van der Waals surface area (Å²) >= 11 is 0. The molecule has 8 nitrogen and oxygen atoms in total. The number of carbonyl (C=O) groups excluding carboxylic acids is 3. The number of para-hydroxylation sites is 1. The van der Waals surface area contributed by atoms with Gasteiger partial charge in [-0.3, -0.25) is 19.3 Å². The fourth-order valence-corrected chi connectivity index (χ4v) is 4.32. The number of anilines is 1. The van der Waals surface area contributed by atoms with Gasteiger partial charge in [-0.25, -0.2) is 4.98 Å². The monoisotopic (exact) mass is 453 g/mol. The molecule has 3 amide bonds. The molecule has 0 fully saturated rings. The fraction of sp³-hybridized carbons (Fsp3) is 0.192. The molecule has 2 aromatic carbocycles. The number of aromatic nitrogens is 3. The molecule has 8 heteroatoms. The number of pyridine rings is 1. The first-order chi connectivity index (χ1) is 16.3. The molecule has 1 unspecified atom stereocenters. The zero-order chi connectivity index (χ0) is 24.1. The zero-order valence-corrected chi connectivity index (χ0v) is 19.3. The van der Waals surface area contributed by atoms with E-state index in [1.807, 2.05) is 45.0 Å². The fourth-order valence-electron chi connectivity index (χ4n) is 4.32. The normalized spacial score (nSPS) is 13.9. The van der Waals surface area contributed by atoms with E-state index in [1.54, 1.807) is 35.0 Å². The molecule has 170 valence electrons. The van der Waals surface area contributed by atoms with Crippen molar-refractivity contribution in [1.82, 2.24) is 19.7 Å². The number of hydrogen-bond donors (Lipinski definition) is 1. The van der Waals surface area contributed by atoms with Crippen LogP contribution in [0.3, 0.4) is 0 Å². The highest BCUT2D eigenvalue weighted by Crippen LogP contribution is 2.27. The molecular formula is C26H23N5O3. The Morgan fingerprint density at radius 2 is 1.59 bits per heavy atom. The van der Waals surface area contributed by atoms with E-state index < -0.39 is 23.8 Å². The van der Waals surface area contributed by atoms with Crippen LogP contribution in [0.1, 0.15) is 44.5 Å². The molecule has 0 aliphatic carbocycles. The van der Waals surface area contributed by atoms with Crippen LogP contribution in [0.2, 0.25) is 0 Å². The van der Waals surface area contributed by atoms with Crippen LogP contribution in [0.5, 0.6) is 0 Å². The Kier molecular flexibility index (Phi) is 5.01. The molecule has 0 saturated carbocycles. The minimum atomic E-state index is -1.01. The Labute approximate surface area is 196 Å². The van der Waals surface area contributed by atoms with Crippen molar-refractivity contribution >= 4 is 34.4 Å². The number of benzene rings is 2. The molecule has 4 aromatic rings. The molecule has 0 spiro atoms. The van der Waals surface area contributed by atoms with Crippen molar-refractivity contribution < 1.29 is 14.4 Å². The molecule has 1 aliphatic rings. The Morgan fingerprint density at radius 3 is 2.26 bits per heavy atom. The van der Waals surface area contributed by atoms with Crippen LogP contribution in [-0.4, -0.2) is 43.4 Å². The lowest BCUT2D eigenvalue weighted by atomic mass is 10.1. The van der Waals surface area contributed by atoms with Crippen LogP contribution in [0.4, 0.5) is 5.82 Å². The average molecular weight is 454 g/mol. The van der Waals surface area contributed by atoms with Gasteiger partial charge in [0.15, 0.2) is 5.82 Å². The van der Waals surface area contributed by atoms with Crippen molar-refractivity contribution in [3.8, 4) is 5.82 Å². The Balaban J connectivity index is 1.47. The number of imide groups is 1. The van der Waals surface area contributed by atoms with E-state index in [9.17, 15) is 14.4 Å². The molecule has 3 heterocycles. The summed E-state index contributed by atoms with van der Waals surface area (Å²) in [6.45, 7) is 7.36. The van der Waals surface area contributed by atoms with Crippen LogP contribution in [0.25, 0.3) is 16.7 Å². The number of rotatable bonds is 4. The Hall–Kier alpha value is -4.33. The van der Waals surface area contributed by atoms with Crippen molar-refractivity contribution in [1.29, 1.82) is 0 Å². The van der Waals surface area contributed by atoms with Crippen molar-refractivity contribution in [2.24, 2.45) is 0 Å². The minimum absolute atomic E-state index is 0.305. The second kappa shape index (κ2) is 7.91. The van der Waals surface area contributed by atoms with E-state index in [1.165, 1.54) is 6.92 Å². The Morgan fingerprint density at radius 1 is 0.912 bits per heavy atom. The van der Waals surface area contributed by atoms with Crippen LogP contribution in [0, 0.1) is 20.8 Å². The molecule has 1 aliphatic heterocycles. The molecule has 34 heavy (non-hydrogen) atoms. The third-order valence-corrected chi connectivity index (χ3v) is 6.13. The van der Waals surface area contributed by atoms with Crippen molar-refractivity contribution in [3.05, 3.63) is 82.5 Å². The molecule has 1 atom stereocenters. The smallest absolute Gasteiger partial charge is 0.262 e. The molecular weight excluding hydrogens is 430 g/mol. The lowest BCUT2D eigenvalue weighted by molar-refractivity contribution is -0.119. The lowest BCUT2D eigenvalue weighted by Crippen LogP contribution is -2.45. The highest BCUT2D eigenvalue weighted by Gasteiger charge is 2.40. The third kappa shape index (κ3) is 3.35. The van der Waals surface area contributed by atoms with Gasteiger partial charge in [-0.05, 0) is 57.0 Å². The van der Waals surface area contributed by atoms with Crippen LogP contribution < -0.4 is 5.32 Å². The summed E-state index contributed by atoms with van der Waals surface area (Å²) < 4.78 is 1.57. The maximum atomic E-state index is 13.1. The van der Waals surface area contributed by atoms with E-state index in [2.05, 4.69) is 10.4 Å². The first-order valence-corrected chi connectivity index (χ1v) is 11.0. The topological polar surface area (TPSA) is 97.2 Å². The highest BCUT2D eigenvalue weighted by molar-refractivity contribution is 6.23. The first kappa shape index (κ1) is 21.5. The maximum absolute atomic E-state index is 13.1. The van der Waals surface area contributed by atoms with Crippen molar-refractivity contribution in [2.75, 3.05) is 5.32 Å². The summed E-state index contributed by atoms with van der Waals surface area (Å²) in [6.07, 6.45) is 0. The maximum Gasteiger partial charge on any atom is 0.262 e. The summed E-state index contributed by atoms with van der Waals surface area (Å²) in [5.74, 6) is -0.475. The molecule has 0 radical (unpaired) electrons. The third-order valence-electron chi connectivity index (χ3n) is 6.13. The predicted octanol–water partition coefficient (Wildman–Crippen LogP) is 3.97. The van der Waals surface area contributed by atoms with Crippen LogP contribution in [-0.2, 0) is 4.79 Å². The number of nitrogens with zero attached hydrogens (tertiary/aromatic N) is 4. The molecule has 5 rings (SSSR count). The second-order valence-corrected chi connectivity index (χ2v) is 8.54. The van der Waals surface area contributed by atoms with E-state index in [4.69, 9.17) is 4.98 Å². The van der Waals surface area contributed by atoms with Crippen LogP contribution >= 0.6 is 0 Å². The van der Waals surface area contributed by atoms with E-state index in [-0.39, 0.29) is 0 Å². The van der Waals surface area contributed by atoms with Gasteiger partial charge in [0.1, 0.15) is 11.9 Å².